The molecule has 21 heavy (non-hydrogen) atoms. The summed E-state index contributed by atoms with van der Waals surface area (Å²) in [6.07, 6.45) is -0.463. The van der Waals surface area contributed by atoms with E-state index in [2.05, 4.69) is 5.32 Å². The summed E-state index contributed by atoms with van der Waals surface area (Å²) >= 11 is 0. The number of rotatable bonds is 5. The third-order valence-corrected chi connectivity index (χ3v) is 3.74. The van der Waals surface area contributed by atoms with Crippen LogP contribution in [-0.2, 0) is 9.53 Å². The Balaban J connectivity index is 2.32. The maximum atomic E-state index is 13.4. The Hall–Kier alpha value is -1.53. The first-order valence-electron chi connectivity index (χ1n) is 6.94. The maximum Gasteiger partial charge on any atom is 0.238 e. The van der Waals surface area contributed by atoms with E-state index in [-0.39, 0.29) is 24.4 Å². The van der Waals surface area contributed by atoms with Crippen molar-refractivity contribution in [2.24, 2.45) is 5.92 Å². The van der Waals surface area contributed by atoms with Gasteiger partial charge in [-0.3, -0.25) is 10.1 Å². The predicted molar refractivity (Wildman–Crippen MR) is 74.4 cm³/mol. The zero-order valence-electron chi connectivity index (χ0n) is 12.4. The first kappa shape index (κ1) is 15.9. The summed E-state index contributed by atoms with van der Waals surface area (Å²) in [7, 11) is 1.58. The number of ether oxygens (including phenoxy) is 1. The number of methoxy groups -OCH3 is 1. The van der Waals surface area contributed by atoms with Crippen LogP contribution in [0.2, 0.25) is 0 Å². The van der Waals surface area contributed by atoms with Gasteiger partial charge in [-0.05, 0) is 23.6 Å². The lowest BCUT2D eigenvalue weighted by Crippen LogP contribution is -2.45. The number of hydrogen-bond donors (Lipinski definition) is 1. The van der Waals surface area contributed by atoms with Crippen LogP contribution in [-0.4, -0.2) is 37.1 Å². The van der Waals surface area contributed by atoms with Gasteiger partial charge in [-0.1, -0.05) is 19.9 Å². The quantitative estimate of drug-likeness (QED) is 0.905. The van der Waals surface area contributed by atoms with Gasteiger partial charge in [0.1, 0.15) is 6.17 Å². The Morgan fingerprint density at radius 1 is 1.38 bits per heavy atom. The van der Waals surface area contributed by atoms with E-state index in [0.29, 0.717) is 12.2 Å². The Morgan fingerprint density at radius 2 is 2.10 bits per heavy atom. The summed E-state index contributed by atoms with van der Waals surface area (Å²) in [5.41, 5.74) is 0.529. The van der Waals surface area contributed by atoms with Crippen LogP contribution in [0.15, 0.2) is 18.2 Å². The number of halogens is 2. The maximum absolute atomic E-state index is 13.4. The van der Waals surface area contributed by atoms with Crippen molar-refractivity contribution in [3.63, 3.8) is 0 Å². The highest BCUT2D eigenvalue weighted by Crippen LogP contribution is 2.28. The van der Waals surface area contributed by atoms with Crippen molar-refractivity contribution in [3.05, 3.63) is 35.4 Å². The Kier molecular flexibility index (Phi) is 4.90. The van der Waals surface area contributed by atoms with Crippen LogP contribution < -0.4 is 5.32 Å². The first-order valence-corrected chi connectivity index (χ1v) is 6.94. The van der Waals surface area contributed by atoms with E-state index in [9.17, 15) is 13.6 Å². The molecule has 0 spiro atoms. The van der Waals surface area contributed by atoms with Crippen molar-refractivity contribution in [2.75, 3.05) is 20.3 Å². The fourth-order valence-corrected chi connectivity index (χ4v) is 2.62. The minimum atomic E-state index is -0.915. The molecule has 0 aliphatic carbocycles. The number of benzene rings is 1. The van der Waals surface area contributed by atoms with Gasteiger partial charge < -0.3 is 9.64 Å². The first-order chi connectivity index (χ1) is 9.95. The molecule has 0 bridgehead atoms. The number of carbonyl (C=O) groups excluding carboxylic acids is 1. The van der Waals surface area contributed by atoms with Crippen LogP contribution in [0.3, 0.4) is 0 Å². The zero-order chi connectivity index (χ0) is 15.6. The molecule has 1 N–H and O–H groups in total. The molecule has 1 aromatic rings. The van der Waals surface area contributed by atoms with Crippen molar-refractivity contribution in [3.8, 4) is 0 Å². The van der Waals surface area contributed by atoms with E-state index in [0.717, 1.165) is 12.1 Å². The van der Waals surface area contributed by atoms with Gasteiger partial charge in [0.05, 0.1) is 19.2 Å². The molecule has 1 aliphatic rings. The van der Waals surface area contributed by atoms with Gasteiger partial charge in [0, 0.05) is 7.11 Å². The molecule has 1 saturated heterocycles. The van der Waals surface area contributed by atoms with Gasteiger partial charge in [0.2, 0.25) is 5.91 Å². The second kappa shape index (κ2) is 6.49. The van der Waals surface area contributed by atoms with Gasteiger partial charge in [-0.25, -0.2) is 8.78 Å². The number of nitrogens with one attached hydrogen (secondary N) is 1. The second-order valence-corrected chi connectivity index (χ2v) is 5.52. The Morgan fingerprint density at radius 3 is 2.67 bits per heavy atom. The Bertz CT molecular complexity index is 522. The van der Waals surface area contributed by atoms with Crippen molar-refractivity contribution < 1.29 is 18.3 Å². The Labute approximate surface area is 123 Å². The minimum Gasteiger partial charge on any atom is -0.383 e. The molecule has 2 unspecified atom stereocenters. The normalized spacial score (nSPS) is 20.4. The minimum absolute atomic E-state index is 0.0690. The molecule has 2 rings (SSSR count). The third-order valence-electron chi connectivity index (χ3n) is 3.74. The van der Waals surface area contributed by atoms with Gasteiger partial charge in [-0.2, -0.15) is 0 Å². The van der Waals surface area contributed by atoms with Crippen LogP contribution in [0.1, 0.15) is 25.6 Å². The second-order valence-electron chi connectivity index (χ2n) is 5.52. The molecule has 4 nitrogen and oxygen atoms in total. The molecule has 1 aliphatic heterocycles. The molecule has 1 amide bonds. The smallest absolute Gasteiger partial charge is 0.238 e. The van der Waals surface area contributed by atoms with Crippen LogP contribution in [0.4, 0.5) is 8.78 Å². The van der Waals surface area contributed by atoms with Gasteiger partial charge in [0.15, 0.2) is 11.6 Å². The molecular weight excluding hydrogens is 278 g/mol. The topological polar surface area (TPSA) is 41.6 Å². The summed E-state index contributed by atoms with van der Waals surface area (Å²) in [6.45, 7) is 4.57. The lowest BCUT2D eigenvalue weighted by molar-refractivity contribution is -0.132. The predicted octanol–water partition coefficient (Wildman–Crippen LogP) is 2.07. The zero-order valence-corrected chi connectivity index (χ0v) is 12.4. The molecule has 1 aromatic carbocycles. The fourth-order valence-electron chi connectivity index (χ4n) is 2.62. The van der Waals surface area contributed by atoms with Crippen molar-refractivity contribution >= 4 is 5.91 Å². The lowest BCUT2D eigenvalue weighted by atomic mass is 10.0. The highest BCUT2D eigenvalue weighted by atomic mass is 19.2. The molecule has 6 heteroatoms. The monoisotopic (exact) mass is 298 g/mol. The molecule has 1 fully saturated rings. The van der Waals surface area contributed by atoms with Crippen molar-refractivity contribution in [2.45, 2.75) is 26.1 Å². The van der Waals surface area contributed by atoms with Gasteiger partial charge in [-0.15, -0.1) is 0 Å². The average Bonchev–Trinajstić information content (AvgIpc) is 2.80. The number of amides is 1. The molecule has 116 valence electrons. The van der Waals surface area contributed by atoms with Gasteiger partial charge >= 0.3 is 0 Å². The summed E-state index contributed by atoms with van der Waals surface area (Å²) < 4.78 is 31.7. The summed E-state index contributed by atoms with van der Waals surface area (Å²) in [6, 6.07) is 3.57. The molecule has 0 saturated carbocycles. The van der Waals surface area contributed by atoms with E-state index in [1.165, 1.54) is 6.07 Å². The lowest BCUT2D eigenvalue weighted by Gasteiger charge is -2.35. The van der Waals surface area contributed by atoms with Crippen molar-refractivity contribution in [1.29, 1.82) is 0 Å². The van der Waals surface area contributed by atoms with Crippen molar-refractivity contribution in [1.82, 2.24) is 10.2 Å². The summed E-state index contributed by atoms with van der Waals surface area (Å²) in [5.74, 6) is -1.70. The third kappa shape index (κ3) is 3.22. The highest BCUT2D eigenvalue weighted by molar-refractivity contribution is 5.81. The number of hydrogen-bond acceptors (Lipinski definition) is 3. The van der Waals surface area contributed by atoms with Crippen LogP contribution in [0.5, 0.6) is 0 Å². The number of carbonyl (C=O) groups is 1. The summed E-state index contributed by atoms with van der Waals surface area (Å²) in [4.78, 5) is 13.8. The molecule has 0 aromatic heterocycles. The largest absolute Gasteiger partial charge is 0.383 e. The number of nitrogens with zero attached hydrogens (tertiary/aromatic N) is 1. The average molecular weight is 298 g/mol. The molecule has 1 heterocycles. The highest BCUT2D eigenvalue weighted by Gasteiger charge is 2.38. The van der Waals surface area contributed by atoms with E-state index in [4.69, 9.17) is 4.74 Å². The SMILES string of the molecule is COCC(C(C)C)N1C(=O)CNC1c1ccc(F)c(F)c1. The van der Waals surface area contributed by atoms with Gasteiger partial charge in [0.25, 0.3) is 0 Å². The van der Waals surface area contributed by atoms with Crippen LogP contribution in [0.25, 0.3) is 0 Å². The van der Waals surface area contributed by atoms with E-state index < -0.39 is 17.8 Å². The summed E-state index contributed by atoms with van der Waals surface area (Å²) in [5, 5.41) is 3.04. The fraction of sp³-hybridized carbons (Fsp3) is 0.533. The molecule has 2 atom stereocenters. The van der Waals surface area contributed by atoms with E-state index >= 15 is 0 Å². The van der Waals surface area contributed by atoms with E-state index in [1.807, 2.05) is 13.8 Å². The molecular formula is C15H20F2N2O2. The van der Waals surface area contributed by atoms with Crippen LogP contribution in [0, 0.1) is 17.6 Å². The van der Waals surface area contributed by atoms with E-state index in [1.54, 1.807) is 12.0 Å². The standard InChI is InChI=1S/C15H20F2N2O2/c1-9(2)13(8-21-3)19-14(20)7-18-15(19)10-4-5-11(16)12(17)6-10/h4-6,9,13,15,18H,7-8H2,1-3H3. The molecule has 0 radical (unpaired) electrons. The van der Waals surface area contributed by atoms with Crippen LogP contribution >= 0.6 is 0 Å².